The number of ether oxygens (including phenoxy) is 2. The van der Waals surface area contributed by atoms with Crippen molar-refractivity contribution < 1.29 is 28.6 Å². The van der Waals surface area contributed by atoms with E-state index < -0.39 is 25.0 Å². The van der Waals surface area contributed by atoms with Crippen molar-refractivity contribution in [1.29, 1.82) is 0 Å². The van der Waals surface area contributed by atoms with E-state index in [1.54, 1.807) is 31.0 Å². The zero-order valence-corrected chi connectivity index (χ0v) is 28.7. The molecule has 1 aliphatic heterocycles. The minimum absolute atomic E-state index is 0.0871. The zero-order valence-electron chi connectivity index (χ0n) is 27.6. The second-order valence-corrected chi connectivity index (χ2v) is 12.5. The normalized spacial score (nSPS) is 18.6. The Labute approximate surface area is 268 Å². The number of hydroxylamine groups is 2. The molecule has 3 rings (SSSR count). The molecule has 11 heteroatoms. The van der Waals surface area contributed by atoms with Crippen LogP contribution in [-0.2, 0) is 35.8 Å². The molecule has 10 nitrogen and oxygen atoms in total. The van der Waals surface area contributed by atoms with Gasteiger partial charge in [-0.2, -0.15) is 0 Å². The molecule has 0 N–H and O–H groups in total. The Kier molecular flexibility index (Phi) is 13.5. The number of nitrogens with zero attached hydrogens (tertiary/aromatic N) is 3. The van der Waals surface area contributed by atoms with Gasteiger partial charge >= 0.3 is 5.97 Å². The molecule has 0 spiro atoms. The molecular formula is C34H48N3O7P. The predicted molar refractivity (Wildman–Crippen MR) is 177 cm³/mol. The van der Waals surface area contributed by atoms with Crippen molar-refractivity contribution in [3.8, 4) is 0 Å². The number of carbonyl (C=O) groups is 1. The smallest absolute Gasteiger partial charge is 0.339 e. The van der Waals surface area contributed by atoms with Gasteiger partial charge in [0.15, 0.2) is 5.60 Å². The average molecular weight is 642 g/mol. The van der Waals surface area contributed by atoms with Crippen LogP contribution in [0.2, 0.25) is 0 Å². The van der Waals surface area contributed by atoms with Gasteiger partial charge in [0, 0.05) is 36.1 Å². The van der Waals surface area contributed by atoms with Crippen LogP contribution in [0.4, 0.5) is 5.69 Å². The summed E-state index contributed by atoms with van der Waals surface area (Å²) in [6, 6.07) is 16.0. The molecule has 1 aliphatic rings. The Morgan fingerprint density at radius 3 is 2.31 bits per heavy atom. The van der Waals surface area contributed by atoms with E-state index in [9.17, 15) is 19.5 Å². The van der Waals surface area contributed by atoms with Gasteiger partial charge in [0.1, 0.15) is 6.61 Å². The largest absolute Gasteiger partial charge is 0.461 e. The second kappa shape index (κ2) is 16.9. The Bertz CT molecular complexity index is 1400. The highest BCUT2D eigenvalue weighted by atomic mass is 31.1. The van der Waals surface area contributed by atoms with Gasteiger partial charge in [-0.25, -0.2) is 9.86 Å². The molecule has 45 heavy (non-hydrogen) atoms. The fourth-order valence-electron chi connectivity index (χ4n) is 5.80. The number of benzene rings is 2. The molecule has 0 saturated heterocycles. The maximum absolute atomic E-state index is 14.3. The summed E-state index contributed by atoms with van der Waals surface area (Å²) in [5.41, 5.74) is 0.667. The van der Waals surface area contributed by atoms with E-state index in [-0.39, 0.29) is 30.1 Å². The van der Waals surface area contributed by atoms with E-state index in [4.69, 9.17) is 14.3 Å². The standard InChI is InChI=1S/C34H48N3O7P/c1-8-14-24(3)43-34(29-18-13-19-30(22-29)37(39)40)31(26(5)36(27(6)32(34)45-41)44-25(4)15-9-2)33(38)42-21-20-35(7)23-28-16-11-10-12-17-28/h10-13,16-19,22,24-25H,8-9,14-15,20-21,23,45H2,1-7H3. The molecular weight excluding hydrogens is 593 g/mol. The minimum Gasteiger partial charge on any atom is -0.461 e. The van der Waals surface area contributed by atoms with Crippen LogP contribution in [0.25, 0.3) is 0 Å². The van der Waals surface area contributed by atoms with Crippen LogP contribution in [0.3, 0.4) is 0 Å². The molecule has 2 aromatic carbocycles. The van der Waals surface area contributed by atoms with E-state index in [0.29, 0.717) is 41.8 Å². The Balaban J connectivity index is 2.15. The molecule has 0 radical (unpaired) electrons. The fraction of sp³-hybridized carbons (Fsp3) is 0.500. The number of hydrogen-bond acceptors (Lipinski definition) is 9. The van der Waals surface area contributed by atoms with E-state index in [2.05, 4.69) is 11.8 Å². The number of carbonyl (C=O) groups excluding carboxylic acids is 1. The van der Waals surface area contributed by atoms with Crippen molar-refractivity contribution >= 4 is 20.1 Å². The summed E-state index contributed by atoms with van der Waals surface area (Å²) in [7, 11) is 0.285. The quantitative estimate of drug-likeness (QED) is 0.0757. The molecule has 0 amide bonds. The lowest BCUT2D eigenvalue weighted by Crippen LogP contribution is -2.46. The van der Waals surface area contributed by atoms with Crippen molar-refractivity contribution in [2.45, 2.75) is 91.6 Å². The summed E-state index contributed by atoms with van der Waals surface area (Å²) in [5, 5.41) is 13.8. The van der Waals surface area contributed by atoms with Gasteiger partial charge in [0.2, 0.25) is 0 Å². The lowest BCUT2D eigenvalue weighted by Gasteiger charge is -2.45. The highest BCUT2D eigenvalue weighted by Crippen LogP contribution is 2.53. The lowest BCUT2D eigenvalue weighted by atomic mass is 9.80. The summed E-state index contributed by atoms with van der Waals surface area (Å²) in [5.74, 6) is -0.662. The minimum atomic E-state index is -1.69. The summed E-state index contributed by atoms with van der Waals surface area (Å²) in [4.78, 5) is 34.1. The van der Waals surface area contributed by atoms with Gasteiger partial charge in [0.25, 0.3) is 5.69 Å². The maximum Gasteiger partial charge on any atom is 0.339 e. The molecule has 4 unspecified atom stereocenters. The number of likely N-dealkylation sites (N-methyl/N-ethyl adjacent to an activating group) is 1. The molecule has 0 bridgehead atoms. The van der Waals surface area contributed by atoms with Crippen LogP contribution in [0.1, 0.15) is 78.4 Å². The summed E-state index contributed by atoms with van der Waals surface area (Å²) in [6.07, 6.45) is 2.52. The fourth-order valence-corrected chi connectivity index (χ4v) is 6.63. The van der Waals surface area contributed by atoms with Gasteiger partial charge in [-0.05, 0) is 53.1 Å². The number of non-ortho nitro benzene ring substituents is 1. The third-order valence-corrected chi connectivity index (χ3v) is 8.99. The number of rotatable bonds is 17. The zero-order chi connectivity index (χ0) is 33.1. The molecule has 4 atom stereocenters. The van der Waals surface area contributed by atoms with Gasteiger partial charge in [0.05, 0.1) is 42.6 Å². The number of esters is 1. The highest BCUT2D eigenvalue weighted by molar-refractivity contribution is 7.29. The summed E-state index contributed by atoms with van der Waals surface area (Å²) < 4.78 is 26.0. The number of nitro benzene ring substituents is 1. The molecule has 1 heterocycles. The van der Waals surface area contributed by atoms with Crippen LogP contribution in [0.15, 0.2) is 76.9 Å². The van der Waals surface area contributed by atoms with Gasteiger partial charge in [-0.1, -0.05) is 69.2 Å². The van der Waals surface area contributed by atoms with Crippen molar-refractivity contribution in [2.75, 3.05) is 20.2 Å². The summed E-state index contributed by atoms with van der Waals surface area (Å²) in [6.45, 7) is 12.7. The van der Waals surface area contributed by atoms with Crippen molar-refractivity contribution in [1.82, 2.24) is 9.96 Å². The first kappa shape index (κ1) is 36.2. The Morgan fingerprint density at radius 2 is 1.69 bits per heavy atom. The van der Waals surface area contributed by atoms with Crippen LogP contribution in [0, 0.1) is 10.1 Å². The van der Waals surface area contributed by atoms with Crippen molar-refractivity contribution in [3.05, 3.63) is 98.1 Å². The van der Waals surface area contributed by atoms with Crippen molar-refractivity contribution in [3.63, 3.8) is 0 Å². The third-order valence-electron chi connectivity index (χ3n) is 7.93. The average Bonchev–Trinajstić information content (AvgIpc) is 3.00. The molecule has 0 fully saturated rings. The van der Waals surface area contributed by atoms with E-state index in [0.717, 1.165) is 24.8 Å². The highest BCUT2D eigenvalue weighted by Gasteiger charge is 2.52. The summed E-state index contributed by atoms with van der Waals surface area (Å²) >= 11 is 0. The first-order chi connectivity index (χ1) is 21.5. The van der Waals surface area contributed by atoms with Crippen LogP contribution in [-0.4, -0.2) is 53.3 Å². The monoisotopic (exact) mass is 641 g/mol. The SMILES string of the molecule is CCCC(C)ON1C(C)=C([PH2]=O)C(OC(C)CCC)(c2cccc([N+](=O)[O-])c2)C(C(=O)OCCN(C)Cc2ccccc2)=C1C. The Hall–Kier alpha value is -3.30. The first-order valence-electron chi connectivity index (χ1n) is 15.7. The van der Waals surface area contributed by atoms with E-state index >= 15 is 0 Å². The van der Waals surface area contributed by atoms with Crippen LogP contribution in [0.5, 0.6) is 0 Å². The van der Waals surface area contributed by atoms with Gasteiger partial charge in [-0.15, -0.1) is 0 Å². The second-order valence-electron chi connectivity index (χ2n) is 11.6. The predicted octanol–water partition coefficient (Wildman–Crippen LogP) is 7.37. The van der Waals surface area contributed by atoms with Crippen LogP contribution >= 0.6 is 8.46 Å². The molecule has 0 aromatic heterocycles. The lowest BCUT2D eigenvalue weighted by molar-refractivity contribution is -0.385. The number of nitro groups is 1. The van der Waals surface area contributed by atoms with E-state index in [1.807, 2.05) is 58.2 Å². The van der Waals surface area contributed by atoms with Crippen molar-refractivity contribution in [2.24, 2.45) is 0 Å². The Morgan fingerprint density at radius 1 is 1.02 bits per heavy atom. The molecule has 0 aliphatic carbocycles. The maximum atomic E-state index is 14.3. The number of hydrogen-bond donors (Lipinski definition) is 0. The van der Waals surface area contributed by atoms with E-state index in [1.165, 1.54) is 12.1 Å². The molecule has 246 valence electrons. The molecule has 2 aromatic rings. The third kappa shape index (κ3) is 8.70. The number of allylic oxidation sites excluding steroid dienone is 2. The van der Waals surface area contributed by atoms with Gasteiger partial charge in [-0.3, -0.25) is 19.9 Å². The molecule has 0 saturated carbocycles. The first-order valence-corrected chi connectivity index (χ1v) is 16.7. The van der Waals surface area contributed by atoms with Gasteiger partial charge < -0.3 is 14.0 Å². The van der Waals surface area contributed by atoms with Crippen LogP contribution < -0.4 is 0 Å². The topological polar surface area (TPSA) is 111 Å².